The fourth-order valence-electron chi connectivity index (χ4n) is 2.80. The van der Waals surface area contributed by atoms with Crippen LogP contribution in [0.4, 0.5) is 10.6 Å². The molecule has 9 nitrogen and oxygen atoms in total. The molecule has 0 aromatic carbocycles. The minimum atomic E-state index is -0.657. The van der Waals surface area contributed by atoms with Gasteiger partial charge in [-0.25, -0.2) is 0 Å². The number of ether oxygens (including phenoxy) is 3. The van der Waals surface area contributed by atoms with Crippen molar-refractivity contribution >= 4 is 38.1 Å². The van der Waals surface area contributed by atoms with E-state index < -0.39 is 24.6 Å². The van der Waals surface area contributed by atoms with Crippen molar-refractivity contribution in [1.29, 1.82) is 0 Å². The zero-order valence-corrected chi connectivity index (χ0v) is 13.3. The third kappa shape index (κ3) is 1.95. The average Bonchev–Trinajstić information content (AvgIpc) is 3.15. The molecule has 0 radical (unpaired) electrons. The Hall–Kier alpha value is -1.90. The van der Waals surface area contributed by atoms with Gasteiger partial charge in [-0.3, -0.25) is 0 Å². The molecule has 4 atom stereocenters. The maximum absolute atomic E-state index is 11.5. The van der Waals surface area contributed by atoms with Crippen LogP contribution >= 0.6 is 0 Å². The first-order chi connectivity index (χ1) is 10.7. The van der Waals surface area contributed by atoms with Crippen LogP contribution in [0.5, 0.6) is 0 Å². The van der Waals surface area contributed by atoms with E-state index in [1.54, 1.807) is 10.9 Å². The molecule has 116 valence electrons. The number of aromatic nitrogens is 4. The molecule has 1 unspecified atom stereocenters. The van der Waals surface area contributed by atoms with Crippen molar-refractivity contribution in [2.24, 2.45) is 0 Å². The fourth-order valence-corrected chi connectivity index (χ4v) is 4.06. The normalized spacial score (nSPS) is 30.3. The molecule has 4 rings (SSSR count). The van der Waals surface area contributed by atoms with Crippen LogP contribution in [0.3, 0.4) is 0 Å². The van der Waals surface area contributed by atoms with Gasteiger partial charge in [-0.2, -0.15) is 0 Å². The zero-order chi connectivity index (χ0) is 15.3. The summed E-state index contributed by atoms with van der Waals surface area (Å²) in [6.45, 7) is 0. The van der Waals surface area contributed by atoms with Gasteiger partial charge in [-0.1, -0.05) is 0 Å². The monoisotopic (exact) mass is 371 g/mol. The number of nitrogen functional groups attached to an aromatic ring is 1. The quantitative estimate of drug-likeness (QED) is 0.609. The van der Waals surface area contributed by atoms with E-state index in [9.17, 15) is 4.79 Å². The van der Waals surface area contributed by atoms with Gasteiger partial charge >= 0.3 is 131 Å². The van der Waals surface area contributed by atoms with Gasteiger partial charge in [0.25, 0.3) is 0 Å². The van der Waals surface area contributed by atoms with Gasteiger partial charge in [-0.05, 0) is 0 Å². The van der Waals surface area contributed by atoms with Crippen LogP contribution in [0.25, 0.3) is 11.2 Å². The van der Waals surface area contributed by atoms with Crippen LogP contribution in [0.2, 0.25) is 11.1 Å². The van der Waals surface area contributed by atoms with E-state index in [0.29, 0.717) is 31.9 Å². The number of imidazole rings is 1. The summed E-state index contributed by atoms with van der Waals surface area (Å²) in [5.74, 6) is 2.41. The fraction of sp³-hybridized carbons (Fsp3) is 0.500. The average molecular weight is 370 g/mol. The second-order valence-corrected chi connectivity index (χ2v) is 6.93. The van der Waals surface area contributed by atoms with Crippen molar-refractivity contribution in [2.75, 3.05) is 5.73 Å². The molecular weight excluding hydrogens is 357 g/mol. The molecule has 2 saturated heterocycles. The number of anilines is 1. The Morgan fingerprint density at radius 2 is 2.14 bits per heavy atom. The molecule has 4 heterocycles. The van der Waals surface area contributed by atoms with Crippen molar-refractivity contribution in [2.45, 2.75) is 35.7 Å². The molecule has 2 aliphatic rings. The Balaban J connectivity index is 1.74. The Morgan fingerprint density at radius 1 is 1.32 bits per heavy atom. The number of nitrogens with two attached hydrogens (primary N) is 1. The molecule has 2 aromatic rings. The van der Waals surface area contributed by atoms with Gasteiger partial charge in [0.1, 0.15) is 0 Å². The molecule has 22 heavy (non-hydrogen) atoms. The maximum atomic E-state index is 11.5. The van der Waals surface area contributed by atoms with Crippen LogP contribution in [0, 0.1) is 0 Å². The molecule has 2 N–H and O–H groups in total. The van der Waals surface area contributed by atoms with Gasteiger partial charge < -0.3 is 0 Å². The third-order valence-electron chi connectivity index (χ3n) is 3.74. The van der Waals surface area contributed by atoms with Gasteiger partial charge in [-0.15, -0.1) is 0 Å². The van der Waals surface area contributed by atoms with Crippen LogP contribution in [-0.4, -0.2) is 58.9 Å². The summed E-state index contributed by atoms with van der Waals surface area (Å²) >= 11 is 0.392. The van der Waals surface area contributed by atoms with E-state index in [1.165, 1.54) is 6.33 Å². The van der Waals surface area contributed by atoms with E-state index in [2.05, 4.69) is 20.8 Å². The van der Waals surface area contributed by atoms with Crippen molar-refractivity contribution in [3.05, 3.63) is 12.7 Å². The Kier molecular flexibility index (Phi) is 3.17. The number of nitrogens with zero attached hydrogens (tertiary/aromatic N) is 4. The molecule has 0 aliphatic carbocycles. The molecule has 10 heteroatoms. The van der Waals surface area contributed by atoms with E-state index in [4.69, 9.17) is 19.9 Å². The van der Waals surface area contributed by atoms with Crippen LogP contribution in [-0.2, 0) is 14.2 Å². The number of hydrogen-bond donors (Lipinski definition) is 1. The van der Waals surface area contributed by atoms with E-state index >= 15 is 0 Å². The first-order valence-electron chi connectivity index (χ1n) is 6.63. The number of carbonyl (C=O) groups is 1. The number of carbonyl (C=O) groups excluding carboxylic acids is 1. The van der Waals surface area contributed by atoms with Crippen molar-refractivity contribution in [3.63, 3.8) is 0 Å². The Morgan fingerprint density at radius 3 is 2.95 bits per heavy atom. The van der Waals surface area contributed by atoms with Gasteiger partial charge in [0.05, 0.1) is 0 Å². The first-order valence-corrected chi connectivity index (χ1v) is 9.56. The number of fused-ring (bicyclic) bond motifs is 2. The summed E-state index contributed by atoms with van der Waals surface area (Å²) in [6.07, 6.45) is 0.681. The molecule has 0 spiro atoms. The predicted molar refractivity (Wildman–Crippen MR) is 75.2 cm³/mol. The summed E-state index contributed by atoms with van der Waals surface area (Å²) in [6, 6.07) is 0. The zero-order valence-electron chi connectivity index (χ0n) is 11.6. The molecule has 0 amide bonds. The molecule has 0 bridgehead atoms. The Bertz CT molecular complexity index is 737. The van der Waals surface area contributed by atoms with Crippen molar-refractivity contribution in [1.82, 2.24) is 19.5 Å². The van der Waals surface area contributed by atoms with Gasteiger partial charge in [0, 0.05) is 0 Å². The minimum absolute atomic E-state index is 0.178. The molecule has 0 saturated carbocycles. The summed E-state index contributed by atoms with van der Waals surface area (Å²) < 4.78 is 18.3. The summed E-state index contributed by atoms with van der Waals surface area (Å²) in [5.41, 5.74) is 6.84. The van der Waals surface area contributed by atoms with Gasteiger partial charge in [0.2, 0.25) is 0 Å². The second-order valence-electron chi connectivity index (χ2n) is 5.02. The van der Waals surface area contributed by atoms with Crippen LogP contribution in [0.15, 0.2) is 12.7 Å². The van der Waals surface area contributed by atoms with E-state index in [-0.39, 0.29) is 6.10 Å². The SMILES string of the molecule is C[Se]C[C@H]1O[C@@H](n2cnc3c(N)ncnc32)[C@H]2OC(=O)OC12. The summed E-state index contributed by atoms with van der Waals surface area (Å²) in [5, 5.41) is 0.838. The second kappa shape index (κ2) is 5.08. The number of hydrogen-bond acceptors (Lipinski definition) is 8. The van der Waals surface area contributed by atoms with Gasteiger partial charge in [0.15, 0.2) is 0 Å². The summed E-state index contributed by atoms with van der Waals surface area (Å²) in [4.78, 5) is 23.8. The Labute approximate surface area is 131 Å². The van der Waals surface area contributed by atoms with Crippen LogP contribution in [0.1, 0.15) is 6.23 Å². The predicted octanol–water partition coefficient (Wildman–Crippen LogP) is 0.380. The third-order valence-corrected chi connectivity index (χ3v) is 5.13. The van der Waals surface area contributed by atoms with Crippen LogP contribution < -0.4 is 5.73 Å². The molecule has 2 aromatic heterocycles. The van der Waals surface area contributed by atoms with E-state index in [1.807, 2.05) is 0 Å². The molecule has 2 aliphatic heterocycles. The van der Waals surface area contributed by atoms with Crippen molar-refractivity contribution < 1.29 is 19.0 Å². The summed E-state index contributed by atoms with van der Waals surface area (Å²) in [7, 11) is 0. The molecular formula is C12H13N5O4Se. The van der Waals surface area contributed by atoms with E-state index in [0.717, 1.165) is 5.32 Å². The standard InChI is InChI=1S/C12H13N5O4Se/c1-22-2-5-7-8(21-12(18)20-7)11(19-5)17-4-16-6-9(13)14-3-15-10(6)17/h3-5,7-8,11H,2H2,1H3,(H2,13,14,15)/t5-,7?,8+,11-/m1/s1. The number of rotatable bonds is 3. The molecule has 2 fully saturated rings. The first kappa shape index (κ1) is 13.7. The topological polar surface area (TPSA) is 114 Å². The van der Waals surface area contributed by atoms with Crippen molar-refractivity contribution in [3.8, 4) is 0 Å².